The van der Waals surface area contributed by atoms with E-state index >= 15 is 0 Å². The normalized spacial score (nSPS) is 43.2. The monoisotopic (exact) mass is 173 g/mol. The summed E-state index contributed by atoms with van der Waals surface area (Å²) < 4.78 is 18.7. The predicted molar refractivity (Wildman–Crippen MR) is 44.9 cm³/mol. The van der Waals surface area contributed by atoms with Gasteiger partial charge in [0.2, 0.25) is 0 Å². The van der Waals surface area contributed by atoms with E-state index in [1.807, 2.05) is 0 Å². The first kappa shape index (κ1) is 8.45. The molecular formula is C9H16FNO. The minimum atomic E-state index is -0.711. The van der Waals surface area contributed by atoms with Crippen molar-refractivity contribution in [3.05, 3.63) is 0 Å². The molecule has 1 N–H and O–H groups in total. The molecule has 2 heterocycles. The molecule has 3 heteroatoms. The summed E-state index contributed by atoms with van der Waals surface area (Å²) in [6.07, 6.45) is 3.24. The summed E-state index contributed by atoms with van der Waals surface area (Å²) in [6.45, 7) is 2.16. The Balaban J connectivity index is 1.97. The molecule has 2 saturated heterocycles. The first-order valence-electron chi connectivity index (χ1n) is 4.80. The van der Waals surface area contributed by atoms with Gasteiger partial charge in [0.05, 0.1) is 5.60 Å². The van der Waals surface area contributed by atoms with Gasteiger partial charge in [0.25, 0.3) is 0 Å². The molecular weight excluding hydrogens is 157 g/mol. The second kappa shape index (κ2) is 3.30. The van der Waals surface area contributed by atoms with Crippen LogP contribution < -0.4 is 5.32 Å². The summed E-state index contributed by atoms with van der Waals surface area (Å²) in [5.74, 6) is 0. The zero-order chi connectivity index (χ0) is 8.44. The molecule has 2 aliphatic rings. The number of rotatable bonds is 0. The summed E-state index contributed by atoms with van der Waals surface area (Å²) in [4.78, 5) is 0. The maximum Gasteiger partial charge on any atom is 0.115 e. The van der Waals surface area contributed by atoms with Crippen LogP contribution in [-0.2, 0) is 4.74 Å². The van der Waals surface area contributed by atoms with Crippen molar-refractivity contribution in [3.63, 3.8) is 0 Å². The molecule has 12 heavy (non-hydrogen) atoms. The number of hydrogen-bond acceptors (Lipinski definition) is 2. The molecule has 70 valence electrons. The lowest BCUT2D eigenvalue weighted by atomic mass is 9.86. The zero-order valence-electron chi connectivity index (χ0n) is 7.31. The average molecular weight is 173 g/mol. The Bertz CT molecular complexity index is 151. The molecule has 0 radical (unpaired) electrons. The number of nitrogens with one attached hydrogen (secondary N) is 1. The van der Waals surface area contributed by atoms with E-state index in [1.54, 1.807) is 0 Å². The molecule has 0 aliphatic carbocycles. The molecule has 0 aromatic rings. The van der Waals surface area contributed by atoms with Gasteiger partial charge in [0, 0.05) is 26.1 Å². The zero-order valence-corrected chi connectivity index (χ0v) is 7.31. The first-order valence-corrected chi connectivity index (χ1v) is 4.80. The molecule has 1 spiro atoms. The topological polar surface area (TPSA) is 21.3 Å². The van der Waals surface area contributed by atoms with Crippen molar-refractivity contribution < 1.29 is 9.13 Å². The molecule has 2 rings (SSSR count). The lowest BCUT2D eigenvalue weighted by molar-refractivity contribution is -0.104. The summed E-state index contributed by atoms with van der Waals surface area (Å²) in [6, 6.07) is 0. The van der Waals surface area contributed by atoms with Crippen molar-refractivity contribution in [1.82, 2.24) is 5.32 Å². The summed E-state index contributed by atoms with van der Waals surface area (Å²) in [7, 11) is 0. The Hall–Kier alpha value is -0.150. The van der Waals surface area contributed by atoms with E-state index in [-0.39, 0.29) is 5.60 Å². The second-order valence-corrected chi connectivity index (χ2v) is 3.92. The minimum absolute atomic E-state index is 0.157. The van der Waals surface area contributed by atoms with Gasteiger partial charge in [-0.25, -0.2) is 4.39 Å². The predicted octanol–water partition coefficient (Wildman–Crippen LogP) is 1.26. The Morgan fingerprint density at radius 3 is 3.00 bits per heavy atom. The van der Waals surface area contributed by atoms with Crippen LogP contribution in [0.15, 0.2) is 0 Å². The Morgan fingerprint density at radius 1 is 1.42 bits per heavy atom. The van der Waals surface area contributed by atoms with Gasteiger partial charge in [-0.15, -0.1) is 0 Å². The van der Waals surface area contributed by atoms with Crippen molar-refractivity contribution in [1.29, 1.82) is 0 Å². The standard InChI is InChI=1S/C9H16FNO/c10-8-5-9(7-11-6-8)3-1-2-4-12-9/h8,11H,1-7H2. The van der Waals surface area contributed by atoms with Gasteiger partial charge in [0.1, 0.15) is 6.17 Å². The van der Waals surface area contributed by atoms with Crippen LogP contribution in [0.3, 0.4) is 0 Å². The third kappa shape index (κ3) is 1.62. The maximum atomic E-state index is 13.1. The van der Waals surface area contributed by atoms with Crippen LogP contribution in [0, 0.1) is 0 Å². The van der Waals surface area contributed by atoms with Crippen LogP contribution in [0.4, 0.5) is 4.39 Å². The molecule has 0 bridgehead atoms. The summed E-state index contributed by atoms with van der Waals surface area (Å²) >= 11 is 0. The van der Waals surface area contributed by atoms with Crippen LogP contribution in [0.5, 0.6) is 0 Å². The van der Waals surface area contributed by atoms with Crippen LogP contribution in [0.1, 0.15) is 25.7 Å². The highest BCUT2D eigenvalue weighted by Gasteiger charge is 2.38. The highest BCUT2D eigenvalue weighted by atomic mass is 19.1. The Kier molecular flexibility index (Phi) is 2.33. The second-order valence-electron chi connectivity index (χ2n) is 3.92. The number of hydrogen-bond donors (Lipinski definition) is 1. The fourth-order valence-corrected chi connectivity index (χ4v) is 2.22. The van der Waals surface area contributed by atoms with E-state index in [2.05, 4.69) is 5.32 Å². The van der Waals surface area contributed by atoms with Crippen LogP contribution in [0.2, 0.25) is 0 Å². The van der Waals surface area contributed by atoms with Crippen molar-refractivity contribution in [2.45, 2.75) is 37.5 Å². The van der Waals surface area contributed by atoms with Crippen molar-refractivity contribution in [2.24, 2.45) is 0 Å². The fraction of sp³-hybridized carbons (Fsp3) is 1.00. The first-order chi connectivity index (χ1) is 5.81. The number of halogens is 1. The van der Waals surface area contributed by atoms with E-state index in [9.17, 15) is 4.39 Å². The van der Waals surface area contributed by atoms with Crippen LogP contribution in [-0.4, -0.2) is 31.5 Å². The van der Waals surface area contributed by atoms with Gasteiger partial charge in [0.15, 0.2) is 0 Å². The molecule has 2 aliphatic heterocycles. The fourth-order valence-electron chi connectivity index (χ4n) is 2.22. The largest absolute Gasteiger partial charge is 0.374 e. The van der Waals surface area contributed by atoms with Crippen molar-refractivity contribution in [3.8, 4) is 0 Å². The van der Waals surface area contributed by atoms with Crippen molar-refractivity contribution in [2.75, 3.05) is 19.7 Å². The number of alkyl halides is 1. The van der Waals surface area contributed by atoms with E-state index in [4.69, 9.17) is 4.74 Å². The van der Waals surface area contributed by atoms with Gasteiger partial charge >= 0.3 is 0 Å². The average Bonchev–Trinajstić information content (AvgIpc) is 2.05. The third-order valence-electron chi connectivity index (χ3n) is 2.84. The maximum absolute atomic E-state index is 13.1. The molecule has 0 aromatic carbocycles. The van der Waals surface area contributed by atoms with Gasteiger partial charge in [-0.1, -0.05) is 0 Å². The highest BCUT2D eigenvalue weighted by Crippen LogP contribution is 2.31. The number of ether oxygens (including phenoxy) is 1. The molecule has 0 amide bonds. The van der Waals surface area contributed by atoms with Gasteiger partial charge in [-0.3, -0.25) is 0 Å². The SMILES string of the molecule is FC1CNCC2(CCCCO2)C1. The molecule has 2 unspecified atom stereocenters. The van der Waals surface area contributed by atoms with E-state index in [0.717, 1.165) is 26.0 Å². The summed E-state index contributed by atoms with van der Waals surface area (Å²) in [5.41, 5.74) is -0.157. The number of piperidine rings is 1. The molecule has 0 saturated carbocycles. The van der Waals surface area contributed by atoms with Crippen LogP contribution in [0.25, 0.3) is 0 Å². The minimum Gasteiger partial charge on any atom is -0.374 e. The van der Waals surface area contributed by atoms with Gasteiger partial charge in [-0.05, 0) is 19.3 Å². The van der Waals surface area contributed by atoms with Crippen LogP contribution >= 0.6 is 0 Å². The van der Waals surface area contributed by atoms with Gasteiger partial charge < -0.3 is 10.1 Å². The molecule has 2 nitrogen and oxygen atoms in total. The van der Waals surface area contributed by atoms with Crippen molar-refractivity contribution >= 4 is 0 Å². The Morgan fingerprint density at radius 2 is 2.33 bits per heavy atom. The summed E-state index contributed by atoms with van der Waals surface area (Å²) in [5, 5.41) is 3.10. The van der Waals surface area contributed by atoms with Gasteiger partial charge in [-0.2, -0.15) is 0 Å². The Labute approximate surface area is 72.5 Å². The van der Waals surface area contributed by atoms with E-state index in [1.165, 1.54) is 6.42 Å². The molecule has 2 fully saturated rings. The van der Waals surface area contributed by atoms with E-state index in [0.29, 0.717) is 13.0 Å². The third-order valence-corrected chi connectivity index (χ3v) is 2.84. The quantitative estimate of drug-likeness (QED) is 0.595. The molecule has 2 atom stereocenters. The lowest BCUT2D eigenvalue weighted by Gasteiger charge is -2.41. The highest BCUT2D eigenvalue weighted by molar-refractivity contribution is 4.92. The lowest BCUT2D eigenvalue weighted by Crippen LogP contribution is -2.53. The molecule has 0 aromatic heterocycles. The van der Waals surface area contributed by atoms with E-state index < -0.39 is 6.17 Å². The smallest absolute Gasteiger partial charge is 0.115 e.